The van der Waals surface area contributed by atoms with Gasteiger partial charge in [0.05, 0.1) is 0 Å². The molecular formula is C13H18N4S. The zero-order chi connectivity index (χ0) is 12.8. The molecule has 5 heteroatoms. The van der Waals surface area contributed by atoms with E-state index < -0.39 is 0 Å². The van der Waals surface area contributed by atoms with Crippen LogP contribution in [-0.2, 0) is 6.54 Å². The van der Waals surface area contributed by atoms with Crippen molar-refractivity contribution in [2.45, 2.75) is 38.0 Å². The van der Waals surface area contributed by atoms with E-state index in [1.807, 2.05) is 30.9 Å². The number of anilines is 1. The number of nitrogens with zero attached hydrogens (tertiary/aromatic N) is 3. The van der Waals surface area contributed by atoms with Gasteiger partial charge in [0.1, 0.15) is 5.52 Å². The molecular weight excluding hydrogens is 244 g/mol. The third-order valence-electron chi connectivity index (χ3n) is 3.54. The van der Waals surface area contributed by atoms with Crippen LogP contribution < -0.4 is 5.73 Å². The quantitative estimate of drug-likeness (QED) is 0.904. The average Bonchev–Trinajstić information content (AvgIpc) is 2.85. The first-order valence-corrected chi connectivity index (χ1v) is 7.28. The number of aryl methyl sites for hydroxylation is 1. The maximum atomic E-state index is 6.04. The van der Waals surface area contributed by atoms with Crippen LogP contribution in [0.1, 0.15) is 25.3 Å². The highest BCUT2D eigenvalue weighted by Gasteiger charge is 2.31. The molecule has 0 radical (unpaired) electrons. The molecule has 0 spiro atoms. The molecule has 4 nitrogen and oxygen atoms in total. The van der Waals surface area contributed by atoms with Gasteiger partial charge in [-0.1, -0.05) is 0 Å². The minimum Gasteiger partial charge on any atom is -0.369 e. The number of aromatic nitrogens is 3. The van der Waals surface area contributed by atoms with Crippen molar-refractivity contribution < 1.29 is 0 Å². The summed E-state index contributed by atoms with van der Waals surface area (Å²) in [4.78, 5) is 8.90. The van der Waals surface area contributed by atoms with E-state index >= 15 is 0 Å². The van der Waals surface area contributed by atoms with Gasteiger partial charge in [0.25, 0.3) is 0 Å². The molecule has 1 atom stereocenters. The Hall–Kier alpha value is -1.23. The molecule has 2 aromatic rings. The van der Waals surface area contributed by atoms with Crippen LogP contribution in [-0.4, -0.2) is 25.0 Å². The average molecular weight is 262 g/mol. The summed E-state index contributed by atoms with van der Waals surface area (Å²) in [5.74, 6) is 1.83. The summed E-state index contributed by atoms with van der Waals surface area (Å²) in [6.45, 7) is 5.23. The van der Waals surface area contributed by atoms with Gasteiger partial charge in [0.2, 0.25) is 5.95 Å². The molecule has 0 aliphatic carbocycles. The molecule has 1 unspecified atom stereocenters. The van der Waals surface area contributed by atoms with E-state index in [9.17, 15) is 0 Å². The van der Waals surface area contributed by atoms with Crippen LogP contribution in [0.25, 0.3) is 11.2 Å². The SMILES string of the molecule is Cc1cnc2c(c1)nc(N)n2CC1(C)CCCS1. The predicted octanol–water partition coefficient (Wildman–Crippen LogP) is 2.61. The molecule has 3 heterocycles. The monoisotopic (exact) mass is 262 g/mol. The Bertz CT molecular complexity index is 584. The second-order valence-corrected chi connectivity index (χ2v) is 7.00. The van der Waals surface area contributed by atoms with Gasteiger partial charge in [0, 0.05) is 17.5 Å². The lowest BCUT2D eigenvalue weighted by molar-refractivity contribution is 0.520. The molecule has 1 aliphatic rings. The van der Waals surface area contributed by atoms with Crippen molar-refractivity contribution in [1.82, 2.24) is 14.5 Å². The summed E-state index contributed by atoms with van der Waals surface area (Å²) < 4.78 is 2.33. The highest BCUT2D eigenvalue weighted by molar-refractivity contribution is 8.00. The third-order valence-corrected chi connectivity index (χ3v) is 5.07. The number of nitrogens with two attached hydrogens (primary N) is 1. The van der Waals surface area contributed by atoms with Crippen LogP contribution in [0.5, 0.6) is 0 Å². The lowest BCUT2D eigenvalue weighted by Gasteiger charge is -2.23. The fourth-order valence-electron chi connectivity index (χ4n) is 2.58. The molecule has 3 rings (SSSR count). The zero-order valence-electron chi connectivity index (χ0n) is 10.8. The van der Waals surface area contributed by atoms with Gasteiger partial charge < -0.3 is 5.73 Å². The van der Waals surface area contributed by atoms with E-state index in [2.05, 4.69) is 21.5 Å². The predicted molar refractivity (Wildman–Crippen MR) is 76.8 cm³/mol. The standard InChI is InChI=1S/C13H18N4S/c1-9-6-10-11(15-7-9)17(12(14)16-10)8-13(2)4-3-5-18-13/h6-7H,3-5,8H2,1-2H3,(H2,14,16). The van der Waals surface area contributed by atoms with Gasteiger partial charge in [0.15, 0.2) is 5.65 Å². The topological polar surface area (TPSA) is 56.7 Å². The van der Waals surface area contributed by atoms with Crippen LogP contribution in [0.3, 0.4) is 0 Å². The van der Waals surface area contributed by atoms with Gasteiger partial charge in [-0.3, -0.25) is 4.57 Å². The number of fused-ring (bicyclic) bond motifs is 1. The van der Waals surface area contributed by atoms with Crippen LogP contribution in [0.4, 0.5) is 5.95 Å². The normalized spacial score (nSPS) is 23.9. The largest absolute Gasteiger partial charge is 0.369 e. The Morgan fingerprint density at radius 1 is 1.56 bits per heavy atom. The zero-order valence-corrected chi connectivity index (χ0v) is 11.6. The summed E-state index contributed by atoms with van der Waals surface area (Å²) in [7, 11) is 0. The fourth-order valence-corrected chi connectivity index (χ4v) is 3.87. The van der Waals surface area contributed by atoms with Gasteiger partial charge in [-0.05, 0) is 44.1 Å². The Morgan fingerprint density at radius 3 is 3.11 bits per heavy atom. The molecule has 96 valence electrons. The van der Waals surface area contributed by atoms with Crippen molar-refractivity contribution in [1.29, 1.82) is 0 Å². The Kier molecular flexibility index (Phi) is 2.73. The number of pyridine rings is 1. The highest BCUT2D eigenvalue weighted by atomic mass is 32.2. The Morgan fingerprint density at radius 2 is 2.39 bits per heavy atom. The second-order valence-electron chi connectivity index (χ2n) is 5.31. The summed E-state index contributed by atoms with van der Waals surface area (Å²) in [6.07, 6.45) is 4.41. The van der Waals surface area contributed by atoms with Gasteiger partial charge >= 0.3 is 0 Å². The summed E-state index contributed by atoms with van der Waals surface area (Å²) in [5, 5.41) is 0. The van der Waals surface area contributed by atoms with E-state index in [1.54, 1.807) is 0 Å². The lowest BCUT2D eigenvalue weighted by Crippen LogP contribution is -2.24. The molecule has 1 saturated heterocycles. The number of hydrogen-bond acceptors (Lipinski definition) is 4. The first-order valence-electron chi connectivity index (χ1n) is 6.30. The van der Waals surface area contributed by atoms with Crippen LogP contribution >= 0.6 is 11.8 Å². The minimum atomic E-state index is 0.272. The maximum absolute atomic E-state index is 6.04. The molecule has 1 aliphatic heterocycles. The molecule has 0 bridgehead atoms. The maximum Gasteiger partial charge on any atom is 0.202 e. The van der Waals surface area contributed by atoms with E-state index in [-0.39, 0.29) is 4.75 Å². The fraction of sp³-hybridized carbons (Fsp3) is 0.538. The Labute approximate surface area is 111 Å². The molecule has 2 aromatic heterocycles. The number of imidazole rings is 1. The summed E-state index contributed by atoms with van der Waals surface area (Å²) in [5.41, 5.74) is 8.97. The van der Waals surface area contributed by atoms with Crippen molar-refractivity contribution in [3.05, 3.63) is 17.8 Å². The summed E-state index contributed by atoms with van der Waals surface area (Å²) >= 11 is 2.03. The van der Waals surface area contributed by atoms with Crippen molar-refractivity contribution in [3.63, 3.8) is 0 Å². The minimum absolute atomic E-state index is 0.272. The first-order chi connectivity index (χ1) is 8.57. The molecule has 1 fully saturated rings. The molecule has 2 N–H and O–H groups in total. The van der Waals surface area contributed by atoms with Gasteiger partial charge in [-0.2, -0.15) is 11.8 Å². The van der Waals surface area contributed by atoms with E-state index in [0.29, 0.717) is 5.95 Å². The van der Waals surface area contributed by atoms with Gasteiger partial charge in [-0.15, -0.1) is 0 Å². The molecule has 0 saturated carbocycles. The van der Waals surface area contributed by atoms with Crippen molar-refractivity contribution in [2.75, 3.05) is 11.5 Å². The van der Waals surface area contributed by atoms with Gasteiger partial charge in [-0.25, -0.2) is 9.97 Å². The number of thioether (sulfide) groups is 1. The van der Waals surface area contributed by atoms with Crippen molar-refractivity contribution >= 4 is 28.9 Å². The van der Waals surface area contributed by atoms with E-state index in [4.69, 9.17) is 5.73 Å². The van der Waals surface area contributed by atoms with Crippen LogP contribution in [0.15, 0.2) is 12.3 Å². The molecule has 0 amide bonds. The number of rotatable bonds is 2. The van der Waals surface area contributed by atoms with E-state index in [0.717, 1.165) is 23.3 Å². The van der Waals surface area contributed by atoms with Crippen LogP contribution in [0.2, 0.25) is 0 Å². The van der Waals surface area contributed by atoms with E-state index in [1.165, 1.54) is 18.6 Å². The third kappa shape index (κ3) is 1.96. The van der Waals surface area contributed by atoms with Crippen molar-refractivity contribution in [3.8, 4) is 0 Å². The highest BCUT2D eigenvalue weighted by Crippen LogP contribution is 2.39. The van der Waals surface area contributed by atoms with Crippen molar-refractivity contribution in [2.24, 2.45) is 0 Å². The second kappa shape index (κ2) is 4.16. The smallest absolute Gasteiger partial charge is 0.202 e. The molecule has 0 aromatic carbocycles. The number of hydrogen-bond donors (Lipinski definition) is 1. The van der Waals surface area contributed by atoms with Crippen LogP contribution in [0, 0.1) is 6.92 Å². The lowest BCUT2D eigenvalue weighted by atomic mass is 10.1. The number of nitrogen functional groups attached to an aromatic ring is 1. The molecule has 18 heavy (non-hydrogen) atoms. The Balaban J connectivity index is 2.03. The summed E-state index contributed by atoms with van der Waals surface area (Å²) in [6, 6.07) is 2.04. The first kappa shape index (κ1) is 11.8.